The quantitative estimate of drug-likeness (QED) is 0.699. The topological polar surface area (TPSA) is 60.6 Å². The Morgan fingerprint density at radius 2 is 2.04 bits per heavy atom. The minimum atomic E-state index is -0.0399. The summed E-state index contributed by atoms with van der Waals surface area (Å²) >= 11 is 0. The summed E-state index contributed by atoms with van der Waals surface area (Å²) in [5.74, 6) is 0.480. The Labute approximate surface area is 167 Å². The van der Waals surface area contributed by atoms with Gasteiger partial charge in [-0.2, -0.15) is 0 Å². The predicted molar refractivity (Wildman–Crippen MR) is 110 cm³/mol. The van der Waals surface area contributed by atoms with Crippen LogP contribution in [0.1, 0.15) is 55.0 Å². The summed E-state index contributed by atoms with van der Waals surface area (Å²) in [5, 5.41) is 0. The van der Waals surface area contributed by atoms with Crippen molar-refractivity contribution in [1.82, 2.24) is 4.98 Å². The van der Waals surface area contributed by atoms with E-state index in [4.69, 9.17) is 14.2 Å². The largest absolute Gasteiger partial charge is 0.476 e. The first-order valence-corrected chi connectivity index (χ1v) is 10.3. The van der Waals surface area contributed by atoms with E-state index in [1.807, 2.05) is 6.92 Å². The summed E-state index contributed by atoms with van der Waals surface area (Å²) < 4.78 is 17.3. The van der Waals surface area contributed by atoms with Crippen LogP contribution in [-0.2, 0) is 29.1 Å². The van der Waals surface area contributed by atoms with Crippen LogP contribution in [0.2, 0.25) is 0 Å². The zero-order valence-electron chi connectivity index (χ0n) is 17.0. The summed E-state index contributed by atoms with van der Waals surface area (Å²) in [7, 11) is 0. The van der Waals surface area contributed by atoms with Crippen LogP contribution in [0.4, 0.5) is 0 Å². The highest BCUT2D eigenvalue weighted by Crippen LogP contribution is 2.16. The van der Waals surface area contributed by atoms with Gasteiger partial charge in [0.1, 0.15) is 6.61 Å². The Hall–Kier alpha value is -2.11. The maximum atomic E-state index is 12.3. The van der Waals surface area contributed by atoms with Crippen molar-refractivity contribution in [2.75, 3.05) is 13.2 Å². The maximum Gasteiger partial charge on any atom is 0.195 e. The fourth-order valence-electron chi connectivity index (χ4n) is 3.43. The van der Waals surface area contributed by atoms with E-state index < -0.39 is 0 Å². The van der Waals surface area contributed by atoms with Gasteiger partial charge in [0.05, 0.1) is 25.0 Å². The second kappa shape index (κ2) is 10.4. The predicted octanol–water partition coefficient (Wildman–Crippen LogP) is 4.30. The molecule has 0 spiro atoms. The van der Waals surface area contributed by atoms with Crippen molar-refractivity contribution < 1.29 is 14.2 Å². The molecule has 0 bridgehead atoms. The van der Waals surface area contributed by atoms with Gasteiger partial charge in [-0.15, -0.1) is 0 Å². The fourth-order valence-corrected chi connectivity index (χ4v) is 3.43. The molecule has 0 amide bonds. The van der Waals surface area contributed by atoms with Gasteiger partial charge in [0.15, 0.2) is 11.3 Å². The minimum absolute atomic E-state index is 0.0399. The highest BCUT2D eigenvalue weighted by Gasteiger charge is 2.15. The van der Waals surface area contributed by atoms with Crippen LogP contribution in [0.3, 0.4) is 0 Å². The summed E-state index contributed by atoms with van der Waals surface area (Å²) in [6, 6.07) is 9.97. The van der Waals surface area contributed by atoms with Crippen molar-refractivity contribution in [2.24, 2.45) is 0 Å². The summed E-state index contributed by atoms with van der Waals surface area (Å²) in [6.45, 7) is 6.10. The number of benzene rings is 1. The molecule has 0 aliphatic carbocycles. The molecule has 1 N–H and O–H groups in total. The molecular formula is C23H31NO4. The van der Waals surface area contributed by atoms with Crippen LogP contribution in [0, 0.1) is 6.92 Å². The Bertz CT molecular complexity index is 808. The minimum Gasteiger partial charge on any atom is -0.476 e. The van der Waals surface area contributed by atoms with E-state index in [-0.39, 0.29) is 11.5 Å². The molecular weight excluding hydrogens is 354 g/mol. The van der Waals surface area contributed by atoms with E-state index in [1.165, 1.54) is 11.6 Å². The molecule has 0 saturated carbocycles. The van der Waals surface area contributed by atoms with E-state index in [0.717, 1.165) is 50.0 Å². The van der Waals surface area contributed by atoms with E-state index in [0.29, 0.717) is 31.3 Å². The average Bonchev–Trinajstić information content (AvgIpc) is 2.71. The second-order valence-corrected chi connectivity index (χ2v) is 7.46. The van der Waals surface area contributed by atoms with E-state index in [2.05, 4.69) is 36.2 Å². The first-order chi connectivity index (χ1) is 13.7. The molecule has 1 atom stereocenters. The Kier molecular flexibility index (Phi) is 7.69. The van der Waals surface area contributed by atoms with Gasteiger partial charge in [0, 0.05) is 18.2 Å². The monoisotopic (exact) mass is 385 g/mol. The van der Waals surface area contributed by atoms with Gasteiger partial charge < -0.3 is 19.2 Å². The standard InChI is InChI=1S/C23H31NO4/c1-3-7-18-8-6-9-19(12-18)14-26-16-21-17(2)22(25)13-23(24-21)28-15-20-10-4-5-11-27-20/h6,8-9,12-13,20H,3-5,7,10-11,14-16H2,1-2H3,(H,24,25). The fraction of sp³-hybridized carbons (Fsp3) is 0.522. The van der Waals surface area contributed by atoms with Crippen molar-refractivity contribution in [2.45, 2.75) is 65.3 Å². The van der Waals surface area contributed by atoms with Crippen LogP contribution < -0.4 is 10.2 Å². The van der Waals surface area contributed by atoms with E-state index >= 15 is 0 Å². The summed E-state index contributed by atoms with van der Waals surface area (Å²) in [5.41, 5.74) is 3.86. The zero-order chi connectivity index (χ0) is 19.8. The number of hydrogen-bond donors (Lipinski definition) is 1. The molecule has 1 aliphatic rings. The summed E-state index contributed by atoms with van der Waals surface area (Å²) in [6.07, 6.45) is 5.59. The number of nitrogens with one attached hydrogen (secondary N) is 1. The lowest BCUT2D eigenvalue weighted by Crippen LogP contribution is -2.26. The normalized spacial score (nSPS) is 16.9. The molecule has 3 rings (SSSR count). The van der Waals surface area contributed by atoms with Gasteiger partial charge in [-0.1, -0.05) is 37.6 Å². The molecule has 2 heterocycles. The van der Waals surface area contributed by atoms with Crippen molar-refractivity contribution >= 4 is 0 Å². The van der Waals surface area contributed by atoms with Crippen molar-refractivity contribution in [3.8, 4) is 5.88 Å². The highest BCUT2D eigenvalue weighted by molar-refractivity contribution is 5.25. The molecule has 152 valence electrons. The van der Waals surface area contributed by atoms with Crippen LogP contribution in [-0.4, -0.2) is 24.3 Å². The molecule has 5 nitrogen and oxygen atoms in total. The molecule has 2 aromatic rings. The van der Waals surface area contributed by atoms with Gasteiger partial charge in [0.25, 0.3) is 0 Å². The van der Waals surface area contributed by atoms with Crippen molar-refractivity contribution in [3.05, 3.63) is 62.9 Å². The smallest absolute Gasteiger partial charge is 0.195 e. The molecule has 0 radical (unpaired) electrons. The lowest BCUT2D eigenvalue weighted by atomic mass is 10.1. The Morgan fingerprint density at radius 3 is 2.82 bits per heavy atom. The average molecular weight is 386 g/mol. The van der Waals surface area contributed by atoms with Gasteiger partial charge in [-0.05, 0) is 43.7 Å². The molecule has 1 aliphatic heterocycles. The van der Waals surface area contributed by atoms with Gasteiger partial charge in [-0.3, -0.25) is 4.79 Å². The molecule has 1 saturated heterocycles. The number of aromatic amines is 1. The number of hydrogen-bond acceptors (Lipinski definition) is 4. The van der Waals surface area contributed by atoms with Crippen LogP contribution in [0.15, 0.2) is 35.1 Å². The second-order valence-electron chi connectivity index (χ2n) is 7.46. The SMILES string of the molecule is CCCc1cccc(COCc2[nH]c(OCC3CCCCO3)cc(=O)c2C)c1. The molecule has 1 aromatic heterocycles. The summed E-state index contributed by atoms with van der Waals surface area (Å²) in [4.78, 5) is 15.5. The lowest BCUT2D eigenvalue weighted by Gasteiger charge is -2.22. The van der Waals surface area contributed by atoms with Gasteiger partial charge in [-0.25, -0.2) is 0 Å². The van der Waals surface area contributed by atoms with Crippen LogP contribution in [0.5, 0.6) is 5.88 Å². The number of aryl methyl sites for hydroxylation is 1. The number of pyridine rings is 1. The third-order valence-electron chi connectivity index (χ3n) is 5.10. The first kappa shape index (κ1) is 20.6. The van der Waals surface area contributed by atoms with Crippen LogP contribution in [0.25, 0.3) is 0 Å². The van der Waals surface area contributed by atoms with E-state index in [1.54, 1.807) is 0 Å². The van der Waals surface area contributed by atoms with Crippen molar-refractivity contribution in [1.29, 1.82) is 0 Å². The molecule has 5 heteroatoms. The van der Waals surface area contributed by atoms with Crippen LogP contribution >= 0.6 is 0 Å². The molecule has 1 aromatic carbocycles. The van der Waals surface area contributed by atoms with Crippen molar-refractivity contribution in [3.63, 3.8) is 0 Å². The van der Waals surface area contributed by atoms with E-state index in [9.17, 15) is 4.79 Å². The molecule has 1 unspecified atom stereocenters. The lowest BCUT2D eigenvalue weighted by molar-refractivity contribution is -0.0120. The Balaban J connectivity index is 1.57. The Morgan fingerprint density at radius 1 is 1.18 bits per heavy atom. The number of aromatic nitrogens is 1. The van der Waals surface area contributed by atoms with Gasteiger partial charge in [0.2, 0.25) is 0 Å². The molecule has 28 heavy (non-hydrogen) atoms. The maximum absolute atomic E-state index is 12.3. The van der Waals surface area contributed by atoms with Gasteiger partial charge >= 0.3 is 0 Å². The third kappa shape index (κ3) is 5.94. The highest BCUT2D eigenvalue weighted by atomic mass is 16.5. The zero-order valence-corrected chi connectivity index (χ0v) is 17.0. The first-order valence-electron chi connectivity index (χ1n) is 10.3. The number of rotatable bonds is 9. The third-order valence-corrected chi connectivity index (χ3v) is 5.10. The number of ether oxygens (including phenoxy) is 3. The molecule has 1 fully saturated rings. The number of H-pyrrole nitrogens is 1.